The first-order valence-corrected chi connectivity index (χ1v) is 10.6. The Hall–Kier alpha value is -3.03. The molecule has 0 saturated carbocycles. The standard InChI is InChI=1S/C23H16BrNO4S/c24-17-11-9-15(10-12-17)14-28-19-7-3-1-5-16(19)13-21(22(26)27)30-23-25-18-6-2-4-8-20(18)29-23/h1-13H,14H2,(H,26,27)/b21-13-. The van der Waals surface area contributed by atoms with Crippen LogP contribution in [0.4, 0.5) is 0 Å². The van der Waals surface area contributed by atoms with Crippen LogP contribution in [0, 0.1) is 0 Å². The van der Waals surface area contributed by atoms with E-state index in [1.54, 1.807) is 12.1 Å². The third-order valence-electron chi connectivity index (χ3n) is 4.20. The molecule has 0 unspecified atom stereocenters. The van der Waals surface area contributed by atoms with Crippen LogP contribution >= 0.6 is 27.7 Å². The lowest BCUT2D eigenvalue weighted by Gasteiger charge is -2.10. The number of carboxylic acid groups (broad SMARTS) is 1. The van der Waals surface area contributed by atoms with Crippen molar-refractivity contribution in [2.24, 2.45) is 0 Å². The lowest BCUT2D eigenvalue weighted by molar-refractivity contribution is -0.131. The van der Waals surface area contributed by atoms with E-state index in [1.807, 2.05) is 66.7 Å². The molecule has 4 aromatic rings. The molecule has 0 saturated heterocycles. The van der Waals surface area contributed by atoms with Crippen LogP contribution in [0.5, 0.6) is 5.75 Å². The molecule has 7 heteroatoms. The molecule has 0 amide bonds. The van der Waals surface area contributed by atoms with Gasteiger partial charge in [0.05, 0.1) is 0 Å². The molecule has 0 bridgehead atoms. The molecule has 0 spiro atoms. The van der Waals surface area contributed by atoms with Crippen molar-refractivity contribution in [3.63, 3.8) is 0 Å². The van der Waals surface area contributed by atoms with Crippen LogP contribution in [0.15, 0.2) is 91.8 Å². The Bertz CT molecular complexity index is 1180. The average molecular weight is 482 g/mol. The van der Waals surface area contributed by atoms with Gasteiger partial charge in [-0.2, -0.15) is 0 Å². The van der Waals surface area contributed by atoms with Crippen molar-refractivity contribution in [2.75, 3.05) is 0 Å². The number of aliphatic carboxylic acids is 1. The molecule has 1 heterocycles. The zero-order valence-electron chi connectivity index (χ0n) is 15.6. The van der Waals surface area contributed by atoms with Crippen LogP contribution in [0.25, 0.3) is 17.2 Å². The highest BCUT2D eigenvalue weighted by atomic mass is 79.9. The minimum atomic E-state index is -1.06. The Balaban J connectivity index is 1.57. The van der Waals surface area contributed by atoms with E-state index in [1.165, 1.54) is 0 Å². The molecule has 1 aromatic heterocycles. The Kier molecular flexibility index (Phi) is 6.21. The van der Waals surface area contributed by atoms with E-state index < -0.39 is 5.97 Å². The van der Waals surface area contributed by atoms with Crippen molar-refractivity contribution in [1.29, 1.82) is 0 Å². The molecule has 4 rings (SSSR count). The van der Waals surface area contributed by atoms with Gasteiger partial charge < -0.3 is 14.3 Å². The molecule has 0 radical (unpaired) electrons. The zero-order valence-corrected chi connectivity index (χ0v) is 18.0. The summed E-state index contributed by atoms with van der Waals surface area (Å²) >= 11 is 4.38. The molecule has 30 heavy (non-hydrogen) atoms. The van der Waals surface area contributed by atoms with Crippen LogP contribution in [0.1, 0.15) is 11.1 Å². The number of ether oxygens (including phenoxy) is 1. The van der Waals surface area contributed by atoms with E-state index in [2.05, 4.69) is 20.9 Å². The highest BCUT2D eigenvalue weighted by Crippen LogP contribution is 2.32. The van der Waals surface area contributed by atoms with E-state index in [9.17, 15) is 9.90 Å². The molecule has 0 atom stereocenters. The van der Waals surface area contributed by atoms with Gasteiger partial charge in [0.2, 0.25) is 0 Å². The summed E-state index contributed by atoms with van der Waals surface area (Å²) in [5.41, 5.74) is 2.97. The predicted molar refractivity (Wildman–Crippen MR) is 120 cm³/mol. The van der Waals surface area contributed by atoms with Crippen LogP contribution < -0.4 is 4.74 Å². The number of thioether (sulfide) groups is 1. The van der Waals surface area contributed by atoms with E-state index in [4.69, 9.17) is 9.15 Å². The summed E-state index contributed by atoms with van der Waals surface area (Å²) in [6.45, 7) is 0.374. The number of aromatic nitrogens is 1. The molecule has 1 N–H and O–H groups in total. The monoisotopic (exact) mass is 481 g/mol. The summed E-state index contributed by atoms with van der Waals surface area (Å²) < 4.78 is 12.6. The second-order valence-electron chi connectivity index (χ2n) is 6.32. The van der Waals surface area contributed by atoms with Gasteiger partial charge in [0.15, 0.2) is 5.58 Å². The number of rotatable bonds is 7. The fourth-order valence-corrected chi connectivity index (χ4v) is 3.74. The van der Waals surface area contributed by atoms with E-state index in [-0.39, 0.29) is 10.1 Å². The third kappa shape index (κ3) is 4.93. The van der Waals surface area contributed by atoms with E-state index in [0.29, 0.717) is 29.0 Å². The fourth-order valence-electron chi connectivity index (χ4n) is 2.74. The molecule has 0 aliphatic heterocycles. The minimum Gasteiger partial charge on any atom is -0.488 e. The normalized spacial score (nSPS) is 11.6. The van der Waals surface area contributed by atoms with Crippen molar-refractivity contribution in [1.82, 2.24) is 4.98 Å². The van der Waals surface area contributed by atoms with Crippen molar-refractivity contribution < 1.29 is 19.1 Å². The maximum atomic E-state index is 11.8. The number of fused-ring (bicyclic) bond motifs is 1. The van der Waals surface area contributed by atoms with Crippen LogP contribution in [-0.2, 0) is 11.4 Å². The summed E-state index contributed by atoms with van der Waals surface area (Å²) in [4.78, 5) is 16.3. The van der Waals surface area contributed by atoms with Crippen LogP contribution in [0.2, 0.25) is 0 Å². The average Bonchev–Trinajstić information content (AvgIpc) is 3.16. The topological polar surface area (TPSA) is 72.6 Å². The Labute approximate surface area is 185 Å². The van der Waals surface area contributed by atoms with Crippen molar-refractivity contribution in [3.05, 3.63) is 93.3 Å². The van der Waals surface area contributed by atoms with Crippen molar-refractivity contribution >= 4 is 50.8 Å². The molecular weight excluding hydrogens is 466 g/mol. The molecule has 0 fully saturated rings. The summed E-state index contributed by atoms with van der Waals surface area (Å²) in [6.07, 6.45) is 1.57. The molecule has 0 aliphatic rings. The van der Waals surface area contributed by atoms with Crippen molar-refractivity contribution in [3.8, 4) is 5.75 Å². The smallest absolute Gasteiger partial charge is 0.342 e. The second kappa shape index (κ2) is 9.19. The van der Waals surface area contributed by atoms with Gasteiger partial charge in [-0.15, -0.1) is 0 Å². The SMILES string of the molecule is O=C(O)/C(=C/c1ccccc1OCc1ccc(Br)cc1)Sc1nc2ccccc2o1. The quantitative estimate of drug-likeness (QED) is 0.243. The lowest BCUT2D eigenvalue weighted by atomic mass is 10.2. The number of hydrogen-bond acceptors (Lipinski definition) is 5. The number of benzene rings is 3. The van der Waals surface area contributed by atoms with Gasteiger partial charge in [-0.1, -0.05) is 58.4 Å². The molecule has 5 nitrogen and oxygen atoms in total. The number of oxazole rings is 1. The molecule has 0 aliphatic carbocycles. The van der Waals surface area contributed by atoms with Gasteiger partial charge in [-0.05, 0) is 53.7 Å². The number of halogens is 1. The van der Waals surface area contributed by atoms with Gasteiger partial charge in [0.25, 0.3) is 5.22 Å². The number of hydrogen-bond donors (Lipinski definition) is 1. The lowest BCUT2D eigenvalue weighted by Crippen LogP contribution is -1.99. The molecule has 150 valence electrons. The maximum Gasteiger partial charge on any atom is 0.342 e. The first kappa shape index (κ1) is 20.3. The van der Waals surface area contributed by atoms with Gasteiger partial charge in [-0.25, -0.2) is 9.78 Å². The van der Waals surface area contributed by atoms with Gasteiger partial charge >= 0.3 is 5.97 Å². The number of carbonyl (C=O) groups is 1. The predicted octanol–water partition coefficient (Wildman–Crippen LogP) is 6.39. The summed E-state index contributed by atoms with van der Waals surface area (Å²) in [6, 6.07) is 22.4. The molecular formula is C23H16BrNO4S. The summed E-state index contributed by atoms with van der Waals surface area (Å²) in [5.74, 6) is -0.470. The van der Waals surface area contributed by atoms with E-state index in [0.717, 1.165) is 21.8 Å². The first-order valence-electron chi connectivity index (χ1n) is 9.03. The Morgan fingerprint density at radius 3 is 2.57 bits per heavy atom. The van der Waals surface area contributed by atoms with Crippen LogP contribution in [-0.4, -0.2) is 16.1 Å². The summed E-state index contributed by atoms with van der Waals surface area (Å²) in [5, 5.41) is 9.97. The van der Waals surface area contributed by atoms with Gasteiger partial charge in [-0.3, -0.25) is 0 Å². The highest BCUT2D eigenvalue weighted by Gasteiger charge is 2.16. The summed E-state index contributed by atoms with van der Waals surface area (Å²) in [7, 11) is 0. The zero-order chi connectivity index (χ0) is 20.9. The minimum absolute atomic E-state index is 0.0845. The largest absolute Gasteiger partial charge is 0.488 e. The van der Waals surface area contributed by atoms with Gasteiger partial charge in [0.1, 0.15) is 22.8 Å². The van der Waals surface area contributed by atoms with Crippen LogP contribution in [0.3, 0.4) is 0 Å². The molecule has 3 aromatic carbocycles. The second-order valence-corrected chi connectivity index (χ2v) is 8.23. The Morgan fingerprint density at radius 1 is 1.07 bits per heavy atom. The fraction of sp³-hybridized carbons (Fsp3) is 0.0435. The van der Waals surface area contributed by atoms with E-state index >= 15 is 0 Å². The maximum absolute atomic E-state index is 11.8. The highest BCUT2D eigenvalue weighted by molar-refractivity contribution is 9.10. The van der Waals surface area contributed by atoms with Gasteiger partial charge in [0, 0.05) is 10.0 Å². The Morgan fingerprint density at radius 2 is 1.80 bits per heavy atom. The third-order valence-corrected chi connectivity index (χ3v) is 5.59. The number of carboxylic acids is 1. The number of nitrogens with zero attached hydrogens (tertiary/aromatic N) is 1. The van der Waals surface area contributed by atoms with Crippen molar-refractivity contribution in [2.45, 2.75) is 11.8 Å². The first-order chi connectivity index (χ1) is 14.6. The number of para-hydroxylation sites is 3.